The Kier molecular flexibility index (Phi) is 9.89. The van der Waals surface area contributed by atoms with Gasteiger partial charge in [-0.15, -0.1) is 0 Å². The first kappa shape index (κ1) is 21.7. The molecule has 2 aromatic rings. The number of ketones is 1. The van der Waals surface area contributed by atoms with Gasteiger partial charge >= 0.3 is 0 Å². The van der Waals surface area contributed by atoms with Gasteiger partial charge in [0.15, 0.2) is 5.78 Å². The minimum atomic E-state index is 0.0652. The van der Waals surface area contributed by atoms with Crippen LogP contribution in [0.25, 0.3) is 0 Å². The van der Waals surface area contributed by atoms with E-state index in [0.717, 1.165) is 62.4 Å². The molecule has 0 unspecified atom stereocenters. The van der Waals surface area contributed by atoms with Crippen LogP contribution < -0.4 is 4.74 Å². The lowest BCUT2D eigenvalue weighted by atomic mass is 10.1. The van der Waals surface area contributed by atoms with Crippen molar-refractivity contribution >= 4 is 5.78 Å². The van der Waals surface area contributed by atoms with E-state index in [9.17, 15) is 4.79 Å². The summed E-state index contributed by atoms with van der Waals surface area (Å²) in [7, 11) is 0. The molecule has 0 bridgehead atoms. The number of ether oxygens (including phenoxy) is 2. The third kappa shape index (κ3) is 8.41. The maximum absolute atomic E-state index is 11.3. The molecule has 0 fully saturated rings. The summed E-state index contributed by atoms with van der Waals surface area (Å²) in [5.74, 6) is 7.19. The summed E-state index contributed by atoms with van der Waals surface area (Å²) in [6, 6.07) is 15.2. The van der Waals surface area contributed by atoms with Gasteiger partial charge in [-0.3, -0.25) is 4.79 Å². The Hall–Kier alpha value is -2.57. The maximum Gasteiger partial charge on any atom is 0.159 e. The first-order valence-electron chi connectivity index (χ1n) is 10.1. The Bertz CT molecular complexity index is 764. The molecule has 0 saturated heterocycles. The topological polar surface area (TPSA) is 35.5 Å². The van der Waals surface area contributed by atoms with Crippen LogP contribution in [0.1, 0.15) is 67.4 Å². The highest BCUT2D eigenvalue weighted by Crippen LogP contribution is 2.13. The molecular weight excluding hydrogens is 348 g/mol. The number of rotatable bonds is 11. The van der Waals surface area contributed by atoms with Crippen LogP contribution in [0.15, 0.2) is 48.5 Å². The number of Topliss-reactive ketones (excluding diaryl/α,β-unsaturated/α-hetero) is 1. The van der Waals surface area contributed by atoms with E-state index in [1.807, 2.05) is 36.4 Å². The molecule has 3 heteroatoms. The molecule has 2 aromatic carbocycles. The summed E-state index contributed by atoms with van der Waals surface area (Å²) in [5.41, 5.74) is 2.53. The van der Waals surface area contributed by atoms with Gasteiger partial charge in [0, 0.05) is 29.9 Å². The molecule has 148 valence electrons. The highest BCUT2D eigenvalue weighted by Gasteiger charge is 1.98. The van der Waals surface area contributed by atoms with E-state index in [-0.39, 0.29) is 5.78 Å². The van der Waals surface area contributed by atoms with Crippen molar-refractivity contribution in [3.8, 4) is 17.6 Å². The van der Waals surface area contributed by atoms with Gasteiger partial charge < -0.3 is 9.47 Å². The molecule has 28 heavy (non-hydrogen) atoms. The van der Waals surface area contributed by atoms with Crippen LogP contribution in [0.3, 0.4) is 0 Å². The summed E-state index contributed by atoms with van der Waals surface area (Å²) in [6.45, 7) is 6.20. The van der Waals surface area contributed by atoms with Crippen LogP contribution in [-0.4, -0.2) is 25.6 Å². The molecule has 0 aliphatic rings. The van der Waals surface area contributed by atoms with E-state index in [1.54, 1.807) is 19.1 Å². The van der Waals surface area contributed by atoms with Crippen LogP contribution >= 0.6 is 0 Å². The Balaban J connectivity index is 1.68. The average molecular weight is 379 g/mol. The number of unbranched alkanes of at least 4 members (excludes halogenated alkanes) is 3. The fraction of sp³-hybridized carbons (Fsp3) is 0.400. The molecule has 0 saturated carbocycles. The van der Waals surface area contributed by atoms with Crippen molar-refractivity contribution in [2.75, 3.05) is 19.8 Å². The lowest BCUT2D eigenvalue weighted by Crippen LogP contribution is -2.00. The summed E-state index contributed by atoms with van der Waals surface area (Å²) >= 11 is 0. The number of hydrogen-bond donors (Lipinski definition) is 0. The van der Waals surface area contributed by atoms with E-state index >= 15 is 0 Å². The molecule has 0 aliphatic carbocycles. The Morgan fingerprint density at radius 3 is 1.96 bits per heavy atom. The number of carbonyl (C=O) groups is 1. The molecule has 0 aromatic heterocycles. The van der Waals surface area contributed by atoms with Crippen LogP contribution in [0, 0.1) is 11.8 Å². The van der Waals surface area contributed by atoms with Gasteiger partial charge in [-0.1, -0.05) is 37.3 Å². The second kappa shape index (κ2) is 12.8. The lowest BCUT2D eigenvalue weighted by Gasteiger charge is -2.06. The zero-order chi connectivity index (χ0) is 20.0. The number of hydrogen-bond acceptors (Lipinski definition) is 3. The first-order chi connectivity index (χ1) is 13.7. The average Bonchev–Trinajstić information content (AvgIpc) is 2.72. The number of benzene rings is 2. The molecule has 2 rings (SSSR count). The molecule has 0 aliphatic heterocycles. The second-order valence-electron chi connectivity index (χ2n) is 6.78. The van der Waals surface area contributed by atoms with Crippen LogP contribution in [0.4, 0.5) is 0 Å². The third-order valence-electron chi connectivity index (χ3n) is 4.34. The summed E-state index contributed by atoms with van der Waals surface area (Å²) in [4.78, 5) is 11.3. The van der Waals surface area contributed by atoms with Crippen molar-refractivity contribution in [2.24, 2.45) is 0 Å². The van der Waals surface area contributed by atoms with Crippen LogP contribution in [0.2, 0.25) is 0 Å². The van der Waals surface area contributed by atoms with Gasteiger partial charge in [0.1, 0.15) is 5.75 Å². The normalized spacial score (nSPS) is 10.2. The fourth-order valence-corrected chi connectivity index (χ4v) is 2.59. The van der Waals surface area contributed by atoms with Crippen LogP contribution in [-0.2, 0) is 4.74 Å². The van der Waals surface area contributed by atoms with Crippen molar-refractivity contribution in [3.63, 3.8) is 0 Å². The van der Waals surface area contributed by atoms with E-state index in [0.29, 0.717) is 5.56 Å². The molecule has 0 radical (unpaired) electrons. The fourth-order valence-electron chi connectivity index (χ4n) is 2.59. The van der Waals surface area contributed by atoms with Crippen LogP contribution in [0.5, 0.6) is 5.75 Å². The second-order valence-corrected chi connectivity index (χ2v) is 6.78. The Labute approximate surface area is 169 Å². The van der Waals surface area contributed by atoms with E-state index in [2.05, 4.69) is 18.8 Å². The monoisotopic (exact) mass is 378 g/mol. The van der Waals surface area contributed by atoms with Gasteiger partial charge in [0.05, 0.1) is 6.61 Å². The molecule has 0 spiro atoms. The summed E-state index contributed by atoms with van der Waals surface area (Å²) in [5, 5.41) is 0. The minimum Gasteiger partial charge on any atom is -0.494 e. The first-order valence-corrected chi connectivity index (χ1v) is 10.1. The zero-order valence-corrected chi connectivity index (χ0v) is 17.0. The smallest absolute Gasteiger partial charge is 0.159 e. The number of carbonyl (C=O) groups excluding carboxylic acids is 1. The zero-order valence-electron chi connectivity index (χ0n) is 17.0. The lowest BCUT2D eigenvalue weighted by molar-refractivity contribution is 0.101. The largest absolute Gasteiger partial charge is 0.494 e. The van der Waals surface area contributed by atoms with Crippen molar-refractivity contribution in [3.05, 3.63) is 65.2 Å². The Morgan fingerprint density at radius 1 is 0.786 bits per heavy atom. The van der Waals surface area contributed by atoms with Crippen molar-refractivity contribution in [2.45, 2.75) is 46.0 Å². The van der Waals surface area contributed by atoms with E-state index in [1.165, 1.54) is 6.42 Å². The van der Waals surface area contributed by atoms with Crippen molar-refractivity contribution in [1.29, 1.82) is 0 Å². The van der Waals surface area contributed by atoms with Gasteiger partial charge in [0.2, 0.25) is 0 Å². The highest BCUT2D eigenvalue weighted by molar-refractivity contribution is 5.94. The highest BCUT2D eigenvalue weighted by atomic mass is 16.5. The standard InChI is InChI=1S/C25H30O3/c1-3-4-18-27-19-6-5-7-20-28-25-16-12-23(13-17-25)9-8-22-10-14-24(15-11-22)21(2)26/h10-17H,3-7,18-20H2,1-2H3. The maximum atomic E-state index is 11.3. The molecule has 3 nitrogen and oxygen atoms in total. The van der Waals surface area contributed by atoms with Gasteiger partial charge in [-0.05, 0) is 69.0 Å². The van der Waals surface area contributed by atoms with Gasteiger partial charge in [-0.2, -0.15) is 0 Å². The third-order valence-corrected chi connectivity index (χ3v) is 4.34. The molecular formula is C25H30O3. The van der Waals surface area contributed by atoms with Crippen molar-refractivity contribution < 1.29 is 14.3 Å². The predicted molar refractivity (Wildman–Crippen MR) is 114 cm³/mol. The summed E-state index contributed by atoms with van der Waals surface area (Å²) in [6.07, 6.45) is 5.59. The van der Waals surface area contributed by atoms with Crippen molar-refractivity contribution in [1.82, 2.24) is 0 Å². The van der Waals surface area contributed by atoms with Gasteiger partial charge in [0.25, 0.3) is 0 Å². The molecule has 0 heterocycles. The minimum absolute atomic E-state index is 0.0652. The van der Waals surface area contributed by atoms with E-state index in [4.69, 9.17) is 9.47 Å². The van der Waals surface area contributed by atoms with E-state index < -0.39 is 0 Å². The molecule has 0 atom stereocenters. The van der Waals surface area contributed by atoms with Gasteiger partial charge in [-0.25, -0.2) is 0 Å². The molecule has 0 amide bonds. The predicted octanol–water partition coefficient (Wildman–Crippen LogP) is 5.65. The Morgan fingerprint density at radius 2 is 1.36 bits per heavy atom. The summed E-state index contributed by atoms with van der Waals surface area (Å²) < 4.78 is 11.3. The molecule has 0 N–H and O–H groups in total. The quantitative estimate of drug-likeness (QED) is 0.288. The SMILES string of the molecule is CCCCOCCCCCOc1ccc(C#Cc2ccc(C(C)=O)cc2)cc1.